The molecule has 2 heterocycles. The molecule has 0 aliphatic rings. The van der Waals surface area contributed by atoms with Gasteiger partial charge in [0.1, 0.15) is 0 Å². The van der Waals surface area contributed by atoms with Gasteiger partial charge in [-0.2, -0.15) is 4.98 Å². The molecule has 3 aromatic rings. The van der Waals surface area contributed by atoms with Crippen LogP contribution in [-0.2, 0) is 11.3 Å². The average molecular weight is 430 g/mol. The molecule has 0 bridgehead atoms. The van der Waals surface area contributed by atoms with E-state index in [2.05, 4.69) is 15.1 Å². The monoisotopic (exact) mass is 429 g/mol. The molecule has 3 rings (SSSR count). The number of nitrogens with zero attached hydrogens (tertiary/aromatic N) is 5. The quantitative estimate of drug-likeness (QED) is 0.509. The van der Waals surface area contributed by atoms with Crippen molar-refractivity contribution in [2.45, 2.75) is 39.4 Å². The molecular formula is C21H27N5O3S. The molecule has 2 aromatic heterocycles. The standard InChI is InChI=1S/C21H27N5O3S/c1-7-25(11-16-8-9-17(28-5)18(10-16)29-6)19(27)12-30-21-23-20-22-14(3)13(2)15(4)26(20)24-21/h8-10H,7,11-12H2,1-6H3. The highest BCUT2D eigenvalue weighted by atomic mass is 32.2. The number of carbonyl (C=O) groups excluding carboxylic acids is 1. The Morgan fingerprint density at radius 2 is 1.87 bits per heavy atom. The first kappa shape index (κ1) is 21.9. The number of benzene rings is 1. The van der Waals surface area contributed by atoms with Crippen LogP contribution >= 0.6 is 11.8 Å². The van der Waals surface area contributed by atoms with E-state index in [9.17, 15) is 4.79 Å². The maximum Gasteiger partial charge on any atom is 0.253 e. The SMILES string of the molecule is CCN(Cc1ccc(OC)c(OC)c1)C(=O)CSc1nc2nc(C)c(C)c(C)n2n1. The molecule has 0 aliphatic heterocycles. The number of hydrogen-bond donors (Lipinski definition) is 0. The summed E-state index contributed by atoms with van der Waals surface area (Å²) in [7, 11) is 3.20. The molecule has 1 amide bonds. The van der Waals surface area contributed by atoms with E-state index in [-0.39, 0.29) is 11.7 Å². The van der Waals surface area contributed by atoms with Gasteiger partial charge in [0.15, 0.2) is 11.5 Å². The molecule has 1 aromatic carbocycles. The third-order valence-corrected chi connectivity index (χ3v) is 5.94. The fourth-order valence-electron chi connectivity index (χ4n) is 3.09. The molecule has 0 aliphatic carbocycles. The van der Waals surface area contributed by atoms with Gasteiger partial charge >= 0.3 is 0 Å². The van der Waals surface area contributed by atoms with Gasteiger partial charge in [-0.15, -0.1) is 5.10 Å². The summed E-state index contributed by atoms with van der Waals surface area (Å²) in [4.78, 5) is 23.5. The van der Waals surface area contributed by atoms with Crippen LogP contribution in [0.2, 0.25) is 0 Å². The van der Waals surface area contributed by atoms with Gasteiger partial charge in [-0.25, -0.2) is 9.50 Å². The van der Waals surface area contributed by atoms with Gasteiger partial charge in [-0.1, -0.05) is 17.8 Å². The molecular weight excluding hydrogens is 402 g/mol. The molecule has 0 N–H and O–H groups in total. The minimum Gasteiger partial charge on any atom is -0.493 e. The molecule has 0 saturated heterocycles. The number of carbonyl (C=O) groups is 1. The van der Waals surface area contributed by atoms with Gasteiger partial charge in [-0.3, -0.25) is 4.79 Å². The molecule has 0 atom stereocenters. The summed E-state index contributed by atoms with van der Waals surface area (Å²) >= 11 is 1.32. The van der Waals surface area contributed by atoms with Crippen molar-refractivity contribution < 1.29 is 14.3 Å². The Hall–Kier alpha value is -2.81. The summed E-state index contributed by atoms with van der Waals surface area (Å²) in [5.74, 6) is 2.15. The second-order valence-corrected chi connectivity index (χ2v) is 7.84. The van der Waals surface area contributed by atoms with Crippen LogP contribution in [0.5, 0.6) is 11.5 Å². The van der Waals surface area contributed by atoms with E-state index in [1.807, 2.05) is 45.9 Å². The summed E-state index contributed by atoms with van der Waals surface area (Å²) < 4.78 is 12.4. The average Bonchev–Trinajstić information content (AvgIpc) is 3.16. The predicted octanol–water partition coefficient (Wildman–Crippen LogP) is 3.21. The largest absolute Gasteiger partial charge is 0.493 e. The Bertz CT molecular complexity index is 1070. The lowest BCUT2D eigenvalue weighted by molar-refractivity contribution is -0.128. The van der Waals surface area contributed by atoms with Crippen LogP contribution in [0.15, 0.2) is 23.4 Å². The molecule has 0 saturated carbocycles. The van der Waals surface area contributed by atoms with Crippen LogP contribution in [0.3, 0.4) is 0 Å². The number of fused-ring (bicyclic) bond motifs is 1. The smallest absolute Gasteiger partial charge is 0.253 e. The third kappa shape index (κ3) is 4.51. The van der Waals surface area contributed by atoms with Crippen LogP contribution in [0.4, 0.5) is 0 Å². The number of aryl methyl sites for hydroxylation is 2. The number of hydrogen-bond acceptors (Lipinski definition) is 7. The van der Waals surface area contributed by atoms with Crippen molar-refractivity contribution in [3.8, 4) is 11.5 Å². The van der Waals surface area contributed by atoms with Crippen molar-refractivity contribution in [3.05, 3.63) is 40.7 Å². The van der Waals surface area contributed by atoms with Crippen molar-refractivity contribution >= 4 is 23.4 Å². The normalized spacial score (nSPS) is 11.0. The number of thioether (sulfide) groups is 1. The van der Waals surface area contributed by atoms with Crippen LogP contribution < -0.4 is 9.47 Å². The fourth-order valence-corrected chi connectivity index (χ4v) is 3.81. The highest BCUT2D eigenvalue weighted by Crippen LogP contribution is 2.28. The highest BCUT2D eigenvalue weighted by Gasteiger charge is 2.17. The first-order chi connectivity index (χ1) is 14.4. The fraction of sp³-hybridized carbons (Fsp3) is 0.429. The van der Waals surface area contributed by atoms with Crippen molar-refractivity contribution in [3.63, 3.8) is 0 Å². The third-order valence-electron chi connectivity index (χ3n) is 5.12. The lowest BCUT2D eigenvalue weighted by Crippen LogP contribution is -2.31. The van der Waals surface area contributed by atoms with E-state index in [0.717, 1.165) is 22.5 Å². The molecule has 30 heavy (non-hydrogen) atoms. The zero-order valence-corrected chi connectivity index (χ0v) is 19.0. The molecule has 0 spiro atoms. The Labute approximate surface area is 180 Å². The van der Waals surface area contributed by atoms with Gasteiger partial charge in [0.05, 0.1) is 20.0 Å². The van der Waals surface area contributed by atoms with Crippen LogP contribution in [0.1, 0.15) is 29.4 Å². The predicted molar refractivity (Wildman–Crippen MR) is 116 cm³/mol. The van der Waals surface area contributed by atoms with Crippen molar-refractivity contribution in [1.82, 2.24) is 24.5 Å². The van der Waals surface area contributed by atoms with E-state index in [1.165, 1.54) is 11.8 Å². The van der Waals surface area contributed by atoms with E-state index in [0.29, 0.717) is 35.5 Å². The summed E-state index contributed by atoms with van der Waals surface area (Å²) in [6.07, 6.45) is 0. The lowest BCUT2D eigenvalue weighted by Gasteiger charge is -2.21. The maximum atomic E-state index is 12.8. The summed E-state index contributed by atoms with van der Waals surface area (Å²) in [6, 6.07) is 5.68. The Morgan fingerprint density at radius 3 is 2.53 bits per heavy atom. The minimum absolute atomic E-state index is 0.0215. The second-order valence-electron chi connectivity index (χ2n) is 6.90. The first-order valence-electron chi connectivity index (χ1n) is 9.70. The van der Waals surface area contributed by atoms with E-state index >= 15 is 0 Å². The number of ether oxygens (including phenoxy) is 2. The van der Waals surface area contributed by atoms with Crippen LogP contribution in [0.25, 0.3) is 5.78 Å². The minimum atomic E-state index is 0.0215. The zero-order valence-electron chi connectivity index (χ0n) is 18.2. The maximum absolute atomic E-state index is 12.8. The summed E-state index contributed by atoms with van der Waals surface area (Å²) in [5, 5.41) is 5.05. The van der Waals surface area contributed by atoms with E-state index in [4.69, 9.17) is 9.47 Å². The van der Waals surface area contributed by atoms with Gasteiger partial charge in [0, 0.05) is 24.5 Å². The summed E-state index contributed by atoms with van der Waals surface area (Å²) in [5.41, 5.74) is 4.01. The van der Waals surface area contributed by atoms with Crippen molar-refractivity contribution in [1.29, 1.82) is 0 Å². The Kier molecular flexibility index (Phi) is 6.81. The molecule has 9 heteroatoms. The van der Waals surface area contributed by atoms with Gasteiger partial charge < -0.3 is 14.4 Å². The van der Waals surface area contributed by atoms with Gasteiger partial charge in [-0.05, 0) is 51.0 Å². The molecule has 0 fully saturated rings. The Morgan fingerprint density at radius 1 is 1.13 bits per heavy atom. The van der Waals surface area contributed by atoms with Crippen molar-refractivity contribution in [2.24, 2.45) is 0 Å². The summed E-state index contributed by atoms with van der Waals surface area (Å²) in [6.45, 7) is 9.03. The number of rotatable bonds is 8. The van der Waals surface area contributed by atoms with Crippen LogP contribution in [-0.4, -0.2) is 56.9 Å². The van der Waals surface area contributed by atoms with E-state index in [1.54, 1.807) is 23.6 Å². The van der Waals surface area contributed by atoms with Gasteiger partial charge in [0.25, 0.3) is 5.78 Å². The number of methoxy groups -OCH3 is 2. The second kappa shape index (κ2) is 9.34. The highest BCUT2D eigenvalue weighted by molar-refractivity contribution is 7.99. The molecule has 160 valence electrons. The van der Waals surface area contributed by atoms with Gasteiger partial charge in [0.2, 0.25) is 11.1 Å². The van der Waals surface area contributed by atoms with Crippen molar-refractivity contribution in [2.75, 3.05) is 26.5 Å². The molecule has 0 radical (unpaired) electrons. The number of amides is 1. The van der Waals surface area contributed by atoms with Crippen LogP contribution in [0, 0.1) is 20.8 Å². The molecule has 8 nitrogen and oxygen atoms in total. The topological polar surface area (TPSA) is 81.9 Å². The van der Waals surface area contributed by atoms with E-state index < -0.39 is 0 Å². The lowest BCUT2D eigenvalue weighted by atomic mass is 10.2. The first-order valence-corrected chi connectivity index (χ1v) is 10.7. The Balaban J connectivity index is 1.68. The zero-order chi connectivity index (χ0) is 21.8. The number of aromatic nitrogens is 4. The molecule has 0 unspecified atom stereocenters.